The van der Waals surface area contributed by atoms with E-state index in [0.717, 1.165) is 24.9 Å². The van der Waals surface area contributed by atoms with Crippen molar-refractivity contribution in [2.75, 3.05) is 38.7 Å². The number of nitrogens with one attached hydrogen (secondary N) is 1. The summed E-state index contributed by atoms with van der Waals surface area (Å²) < 4.78 is 18.0. The van der Waals surface area contributed by atoms with Crippen molar-refractivity contribution in [1.29, 1.82) is 0 Å². The predicted molar refractivity (Wildman–Crippen MR) is 81.5 cm³/mol. The Bertz CT molecular complexity index is 493. The second kappa shape index (κ2) is 7.41. The van der Waals surface area contributed by atoms with Crippen LogP contribution < -0.4 is 10.1 Å². The first-order valence-electron chi connectivity index (χ1n) is 7.35. The van der Waals surface area contributed by atoms with E-state index in [1.54, 1.807) is 7.11 Å². The predicted octanol–water partition coefficient (Wildman–Crippen LogP) is 2.62. The number of anilines is 1. The van der Waals surface area contributed by atoms with Crippen LogP contribution in [0.15, 0.2) is 18.2 Å². The Labute approximate surface area is 125 Å². The van der Waals surface area contributed by atoms with Crippen LogP contribution in [0.5, 0.6) is 5.75 Å². The number of carbonyl (C=O) groups excluding carboxylic acids is 1. The van der Waals surface area contributed by atoms with Crippen molar-refractivity contribution in [2.45, 2.75) is 19.8 Å². The van der Waals surface area contributed by atoms with Gasteiger partial charge in [-0.05, 0) is 44.0 Å². The number of hydrogen-bond donors (Lipinski definition) is 1. The van der Waals surface area contributed by atoms with Crippen LogP contribution in [0.1, 0.15) is 18.4 Å². The molecule has 4 nitrogen and oxygen atoms in total. The van der Waals surface area contributed by atoms with E-state index in [2.05, 4.69) is 5.32 Å². The Kier molecular flexibility index (Phi) is 5.56. The Morgan fingerprint density at radius 3 is 3.05 bits per heavy atom. The number of hydrogen-bond acceptors (Lipinski definition) is 3. The van der Waals surface area contributed by atoms with Gasteiger partial charge in [0.05, 0.1) is 26.0 Å². The zero-order chi connectivity index (χ0) is 15.2. The highest BCUT2D eigenvalue weighted by Crippen LogP contribution is 2.25. The molecule has 0 spiro atoms. The second-order valence-electron chi connectivity index (χ2n) is 5.65. The number of likely N-dealkylation sites (tertiary alicyclic amines) is 1. The third-order valence-corrected chi connectivity index (χ3v) is 3.82. The number of amides is 1. The zero-order valence-corrected chi connectivity index (χ0v) is 12.7. The molecule has 0 aromatic heterocycles. The summed E-state index contributed by atoms with van der Waals surface area (Å²) in [5.74, 6) is 0.632. The molecule has 1 N–H and O–H groups in total. The van der Waals surface area contributed by atoms with Crippen molar-refractivity contribution in [3.8, 4) is 5.75 Å². The summed E-state index contributed by atoms with van der Waals surface area (Å²) in [5, 5.41) is 2.88. The molecule has 1 fully saturated rings. The lowest BCUT2D eigenvalue weighted by atomic mass is 9.99. The molecule has 1 heterocycles. The summed E-state index contributed by atoms with van der Waals surface area (Å²) in [4.78, 5) is 14.2. The molecule has 0 radical (unpaired) electrons. The molecule has 1 aliphatic heterocycles. The largest absolute Gasteiger partial charge is 0.495 e. The molecule has 1 amide bonds. The molecule has 1 aromatic rings. The third-order valence-electron chi connectivity index (χ3n) is 3.82. The van der Waals surface area contributed by atoms with E-state index in [1.165, 1.54) is 0 Å². The van der Waals surface area contributed by atoms with Gasteiger partial charge in [0.25, 0.3) is 0 Å². The Balaban J connectivity index is 1.94. The molecule has 5 heteroatoms. The first kappa shape index (κ1) is 15.8. The SMILES string of the molecule is COc1ccc(C)cc1NC(=O)CN1CCCC(CF)C1. The monoisotopic (exact) mass is 294 g/mol. The Hall–Kier alpha value is -1.62. The fraction of sp³-hybridized carbons (Fsp3) is 0.562. The van der Waals surface area contributed by atoms with Gasteiger partial charge in [-0.3, -0.25) is 14.1 Å². The molecule has 1 atom stereocenters. The Morgan fingerprint density at radius 1 is 1.52 bits per heavy atom. The molecule has 1 saturated heterocycles. The molecule has 21 heavy (non-hydrogen) atoms. The number of rotatable bonds is 5. The number of nitrogens with zero attached hydrogens (tertiary/aromatic N) is 1. The van der Waals surface area contributed by atoms with Crippen LogP contribution in [-0.2, 0) is 4.79 Å². The number of methoxy groups -OCH3 is 1. The van der Waals surface area contributed by atoms with E-state index >= 15 is 0 Å². The van der Waals surface area contributed by atoms with E-state index in [9.17, 15) is 9.18 Å². The van der Waals surface area contributed by atoms with Gasteiger partial charge in [-0.15, -0.1) is 0 Å². The van der Waals surface area contributed by atoms with Crippen LogP contribution in [0.4, 0.5) is 10.1 Å². The van der Waals surface area contributed by atoms with Gasteiger partial charge in [-0.2, -0.15) is 0 Å². The molecule has 1 aromatic carbocycles. The minimum absolute atomic E-state index is 0.0695. The number of ether oxygens (including phenoxy) is 1. The van der Waals surface area contributed by atoms with Crippen molar-refractivity contribution in [3.63, 3.8) is 0 Å². The fourth-order valence-corrected chi connectivity index (χ4v) is 2.73. The summed E-state index contributed by atoms with van der Waals surface area (Å²) in [6.07, 6.45) is 1.87. The van der Waals surface area contributed by atoms with Crippen molar-refractivity contribution in [3.05, 3.63) is 23.8 Å². The smallest absolute Gasteiger partial charge is 0.238 e. The van der Waals surface area contributed by atoms with Gasteiger partial charge in [0, 0.05) is 12.5 Å². The van der Waals surface area contributed by atoms with E-state index in [4.69, 9.17) is 4.74 Å². The van der Waals surface area contributed by atoms with Crippen LogP contribution in [0.2, 0.25) is 0 Å². The highest BCUT2D eigenvalue weighted by molar-refractivity contribution is 5.93. The summed E-state index contributed by atoms with van der Waals surface area (Å²) in [7, 11) is 1.58. The quantitative estimate of drug-likeness (QED) is 0.907. The lowest BCUT2D eigenvalue weighted by Crippen LogP contribution is -2.41. The maximum atomic E-state index is 12.7. The van der Waals surface area contributed by atoms with E-state index in [1.807, 2.05) is 30.0 Å². The van der Waals surface area contributed by atoms with E-state index in [0.29, 0.717) is 24.5 Å². The molecular weight excluding hydrogens is 271 g/mol. The molecule has 2 rings (SSSR count). The van der Waals surface area contributed by atoms with Crippen molar-refractivity contribution >= 4 is 11.6 Å². The van der Waals surface area contributed by atoms with Crippen LogP contribution in [0.25, 0.3) is 0 Å². The highest BCUT2D eigenvalue weighted by atomic mass is 19.1. The van der Waals surface area contributed by atoms with Gasteiger partial charge in [0.1, 0.15) is 5.75 Å². The molecule has 0 bridgehead atoms. The van der Waals surface area contributed by atoms with Crippen molar-refractivity contribution in [1.82, 2.24) is 4.90 Å². The zero-order valence-electron chi connectivity index (χ0n) is 12.7. The summed E-state index contributed by atoms with van der Waals surface area (Å²) in [5.41, 5.74) is 1.74. The van der Waals surface area contributed by atoms with Gasteiger partial charge in [-0.25, -0.2) is 0 Å². The van der Waals surface area contributed by atoms with Crippen LogP contribution in [0, 0.1) is 12.8 Å². The molecule has 1 unspecified atom stereocenters. The summed E-state index contributed by atoms with van der Waals surface area (Å²) >= 11 is 0. The van der Waals surface area contributed by atoms with Gasteiger partial charge in [0.2, 0.25) is 5.91 Å². The van der Waals surface area contributed by atoms with Crippen LogP contribution >= 0.6 is 0 Å². The van der Waals surface area contributed by atoms with Gasteiger partial charge >= 0.3 is 0 Å². The van der Waals surface area contributed by atoms with Gasteiger partial charge < -0.3 is 10.1 Å². The topological polar surface area (TPSA) is 41.6 Å². The number of carbonyl (C=O) groups is 1. The molecule has 0 aliphatic carbocycles. The molecule has 0 saturated carbocycles. The first-order chi connectivity index (χ1) is 10.1. The number of benzene rings is 1. The summed E-state index contributed by atoms with van der Waals surface area (Å²) in [6, 6.07) is 5.66. The maximum Gasteiger partial charge on any atom is 0.238 e. The lowest BCUT2D eigenvalue weighted by Gasteiger charge is -2.30. The standard InChI is InChI=1S/C16H23FN2O2/c1-12-5-6-15(21-2)14(8-12)18-16(20)11-19-7-3-4-13(9-17)10-19/h5-6,8,13H,3-4,7,9-11H2,1-2H3,(H,18,20). The first-order valence-corrected chi connectivity index (χ1v) is 7.35. The van der Waals surface area contributed by atoms with E-state index < -0.39 is 0 Å². The average molecular weight is 294 g/mol. The number of halogens is 1. The normalized spacial score (nSPS) is 19.3. The Morgan fingerprint density at radius 2 is 2.33 bits per heavy atom. The highest BCUT2D eigenvalue weighted by Gasteiger charge is 2.21. The number of piperidine rings is 1. The minimum Gasteiger partial charge on any atom is -0.495 e. The van der Waals surface area contributed by atoms with Crippen LogP contribution in [0.3, 0.4) is 0 Å². The van der Waals surface area contributed by atoms with Crippen molar-refractivity contribution in [2.24, 2.45) is 5.92 Å². The average Bonchev–Trinajstić information content (AvgIpc) is 2.47. The number of alkyl halides is 1. The van der Waals surface area contributed by atoms with Crippen LogP contribution in [-0.4, -0.2) is 44.2 Å². The molecule has 116 valence electrons. The maximum absolute atomic E-state index is 12.7. The minimum atomic E-state index is -0.302. The third kappa shape index (κ3) is 4.43. The van der Waals surface area contributed by atoms with E-state index in [-0.39, 0.29) is 18.5 Å². The number of aryl methyl sites for hydroxylation is 1. The molecular formula is C16H23FN2O2. The fourth-order valence-electron chi connectivity index (χ4n) is 2.73. The molecule has 1 aliphatic rings. The second-order valence-corrected chi connectivity index (χ2v) is 5.65. The van der Waals surface area contributed by atoms with Crippen molar-refractivity contribution < 1.29 is 13.9 Å². The van der Waals surface area contributed by atoms with Gasteiger partial charge in [0.15, 0.2) is 0 Å². The summed E-state index contributed by atoms with van der Waals surface area (Å²) in [6.45, 7) is 3.48. The van der Waals surface area contributed by atoms with Gasteiger partial charge in [-0.1, -0.05) is 6.07 Å². The lowest BCUT2D eigenvalue weighted by molar-refractivity contribution is -0.117.